The smallest absolute Gasteiger partial charge is 0.405 e. The Bertz CT molecular complexity index is 375. The molecule has 16 heavy (non-hydrogen) atoms. The first kappa shape index (κ1) is 10.8. The Morgan fingerprint density at radius 2 is 2.38 bits per heavy atom. The third-order valence-electron chi connectivity index (χ3n) is 2.83. The van der Waals surface area contributed by atoms with Gasteiger partial charge in [0.15, 0.2) is 0 Å². The van der Waals surface area contributed by atoms with Gasteiger partial charge in [0.25, 0.3) is 0 Å². The maximum Gasteiger partial charge on any atom is 0.405 e. The molecule has 1 fully saturated rings. The van der Waals surface area contributed by atoms with Crippen LogP contribution in [-0.2, 0) is 5.54 Å². The van der Waals surface area contributed by atoms with Crippen LogP contribution < -0.4 is 5.32 Å². The van der Waals surface area contributed by atoms with E-state index >= 15 is 0 Å². The van der Waals surface area contributed by atoms with Crippen LogP contribution in [0, 0.1) is 5.92 Å². The maximum absolute atomic E-state index is 12.4. The molecule has 1 aromatic heterocycles. The molecule has 1 saturated carbocycles. The second kappa shape index (κ2) is 3.69. The van der Waals surface area contributed by atoms with Gasteiger partial charge >= 0.3 is 6.09 Å². The predicted molar refractivity (Wildman–Crippen MR) is 47.9 cm³/mol. The maximum atomic E-state index is 12.4. The quantitative estimate of drug-likeness (QED) is 0.723. The summed E-state index contributed by atoms with van der Waals surface area (Å²) < 4.78 is 24.8. The fraction of sp³-hybridized carbons (Fsp3) is 0.625. The predicted octanol–water partition coefficient (Wildman–Crippen LogP) is 0.943. The highest BCUT2D eigenvalue weighted by Gasteiger charge is 2.51. The van der Waals surface area contributed by atoms with Crippen LogP contribution in [-0.4, -0.2) is 33.0 Å². The summed E-state index contributed by atoms with van der Waals surface area (Å²) in [4.78, 5) is 10.6. The molecule has 6 nitrogen and oxygen atoms in total. The highest BCUT2D eigenvalue weighted by molar-refractivity contribution is 5.66. The highest BCUT2D eigenvalue weighted by atomic mass is 19.3. The number of nitrogens with one attached hydrogen (secondary N) is 2. The summed E-state index contributed by atoms with van der Waals surface area (Å²) in [7, 11) is 0. The van der Waals surface area contributed by atoms with Gasteiger partial charge in [0.2, 0.25) is 6.43 Å². The van der Waals surface area contributed by atoms with Crippen LogP contribution >= 0.6 is 0 Å². The first-order chi connectivity index (χ1) is 7.53. The molecule has 0 radical (unpaired) electrons. The van der Waals surface area contributed by atoms with Crippen molar-refractivity contribution >= 4 is 6.09 Å². The van der Waals surface area contributed by atoms with Crippen molar-refractivity contribution in [3.8, 4) is 0 Å². The Kier molecular flexibility index (Phi) is 2.49. The van der Waals surface area contributed by atoms with Crippen LogP contribution in [0.2, 0.25) is 0 Å². The average Bonchev–Trinajstić information content (AvgIpc) is 2.62. The number of rotatable bonds is 3. The van der Waals surface area contributed by atoms with Crippen LogP contribution in [0.25, 0.3) is 0 Å². The molecule has 0 bridgehead atoms. The largest absolute Gasteiger partial charge is 0.465 e. The van der Waals surface area contributed by atoms with E-state index in [9.17, 15) is 13.6 Å². The Morgan fingerprint density at radius 3 is 2.81 bits per heavy atom. The number of alkyl halides is 2. The van der Waals surface area contributed by atoms with E-state index in [0.717, 1.165) is 0 Å². The molecule has 0 saturated heterocycles. The molecule has 0 atom stereocenters. The minimum atomic E-state index is -2.43. The van der Waals surface area contributed by atoms with E-state index in [2.05, 4.69) is 20.7 Å². The summed E-state index contributed by atoms with van der Waals surface area (Å²) in [6, 6.07) is 0. The first-order valence-electron chi connectivity index (χ1n) is 4.70. The number of H-pyrrole nitrogens is 1. The molecular formula is C8H10F2N4O2. The second-order valence-corrected chi connectivity index (χ2v) is 3.87. The fourth-order valence-electron chi connectivity index (χ4n) is 2.03. The van der Waals surface area contributed by atoms with Gasteiger partial charge < -0.3 is 10.4 Å². The van der Waals surface area contributed by atoms with E-state index in [1.807, 2.05) is 0 Å². The molecule has 1 aliphatic carbocycles. The number of aromatic nitrogens is 3. The summed E-state index contributed by atoms with van der Waals surface area (Å²) in [5.74, 6) is -0.788. The Hall–Kier alpha value is -1.73. The number of carbonyl (C=O) groups is 1. The third kappa shape index (κ3) is 1.70. The van der Waals surface area contributed by atoms with Crippen molar-refractivity contribution in [1.82, 2.24) is 20.7 Å². The number of carboxylic acid groups (broad SMARTS) is 1. The number of hydrogen-bond donors (Lipinski definition) is 3. The Labute approximate surface area is 89.0 Å². The minimum absolute atomic E-state index is 0.0451. The molecule has 8 heteroatoms. The second-order valence-electron chi connectivity index (χ2n) is 3.87. The van der Waals surface area contributed by atoms with Gasteiger partial charge in [-0.2, -0.15) is 0 Å². The SMILES string of the molecule is O=C(O)NC1(c2c[nH]nn2)CC(C(F)F)C1. The normalized spacial score (nSPS) is 28.8. The summed E-state index contributed by atoms with van der Waals surface area (Å²) in [5, 5.41) is 20.5. The van der Waals surface area contributed by atoms with Crippen molar-refractivity contribution in [3.05, 3.63) is 11.9 Å². The van der Waals surface area contributed by atoms with Crippen molar-refractivity contribution in [1.29, 1.82) is 0 Å². The lowest BCUT2D eigenvalue weighted by molar-refractivity contribution is -0.0270. The topological polar surface area (TPSA) is 90.9 Å². The van der Waals surface area contributed by atoms with Crippen molar-refractivity contribution in [2.75, 3.05) is 0 Å². The Morgan fingerprint density at radius 1 is 1.69 bits per heavy atom. The van der Waals surface area contributed by atoms with Crippen LogP contribution in [0.15, 0.2) is 6.20 Å². The van der Waals surface area contributed by atoms with E-state index in [-0.39, 0.29) is 12.8 Å². The van der Waals surface area contributed by atoms with Crippen LogP contribution in [0.4, 0.5) is 13.6 Å². The highest BCUT2D eigenvalue weighted by Crippen LogP contribution is 2.47. The van der Waals surface area contributed by atoms with Crippen molar-refractivity contribution in [2.45, 2.75) is 24.8 Å². The molecule has 1 aliphatic rings. The number of nitrogens with zero attached hydrogens (tertiary/aromatic N) is 2. The number of hydrogen-bond acceptors (Lipinski definition) is 3. The molecule has 1 heterocycles. The van der Waals surface area contributed by atoms with Gasteiger partial charge in [-0.15, -0.1) is 5.10 Å². The lowest BCUT2D eigenvalue weighted by Gasteiger charge is -2.45. The van der Waals surface area contributed by atoms with Crippen LogP contribution in [0.5, 0.6) is 0 Å². The van der Waals surface area contributed by atoms with Gasteiger partial charge in [0.1, 0.15) is 5.69 Å². The van der Waals surface area contributed by atoms with Gasteiger partial charge in [-0.25, -0.2) is 13.6 Å². The zero-order chi connectivity index (χ0) is 11.8. The fourth-order valence-corrected chi connectivity index (χ4v) is 2.03. The zero-order valence-corrected chi connectivity index (χ0v) is 8.15. The first-order valence-corrected chi connectivity index (χ1v) is 4.70. The van der Waals surface area contributed by atoms with E-state index in [4.69, 9.17) is 5.11 Å². The van der Waals surface area contributed by atoms with Gasteiger partial charge in [-0.1, -0.05) is 5.21 Å². The zero-order valence-electron chi connectivity index (χ0n) is 8.15. The van der Waals surface area contributed by atoms with Gasteiger partial charge in [-0.3, -0.25) is 5.10 Å². The molecule has 0 aromatic carbocycles. The van der Waals surface area contributed by atoms with E-state index < -0.39 is 24.0 Å². The molecular weight excluding hydrogens is 222 g/mol. The molecule has 0 unspecified atom stereocenters. The van der Waals surface area contributed by atoms with Gasteiger partial charge in [0.05, 0.1) is 5.54 Å². The summed E-state index contributed by atoms with van der Waals surface area (Å²) >= 11 is 0. The molecule has 3 N–H and O–H groups in total. The molecule has 1 aromatic rings. The monoisotopic (exact) mass is 232 g/mol. The summed E-state index contributed by atoms with van der Waals surface area (Å²) in [5.41, 5.74) is -0.660. The molecule has 2 rings (SSSR count). The third-order valence-corrected chi connectivity index (χ3v) is 2.83. The van der Waals surface area contributed by atoms with Crippen LogP contribution in [0.1, 0.15) is 18.5 Å². The molecule has 88 valence electrons. The molecule has 1 amide bonds. The summed E-state index contributed by atoms with van der Waals surface area (Å²) in [6.07, 6.45) is -2.18. The van der Waals surface area contributed by atoms with E-state index in [1.165, 1.54) is 6.20 Å². The van der Waals surface area contributed by atoms with E-state index in [1.54, 1.807) is 0 Å². The Balaban J connectivity index is 2.15. The van der Waals surface area contributed by atoms with Crippen molar-refractivity contribution in [2.24, 2.45) is 5.92 Å². The number of aromatic amines is 1. The van der Waals surface area contributed by atoms with Crippen molar-refractivity contribution < 1.29 is 18.7 Å². The average molecular weight is 232 g/mol. The van der Waals surface area contributed by atoms with Crippen molar-refractivity contribution in [3.63, 3.8) is 0 Å². The number of amides is 1. The van der Waals surface area contributed by atoms with Gasteiger partial charge in [-0.05, 0) is 12.8 Å². The summed E-state index contributed by atoms with van der Waals surface area (Å²) in [6.45, 7) is 0. The van der Waals surface area contributed by atoms with Crippen LogP contribution in [0.3, 0.4) is 0 Å². The minimum Gasteiger partial charge on any atom is -0.465 e. The lowest BCUT2D eigenvalue weighted by atomic mass is 9.67. The standard InChI is InChI=1S/C8H10F2N4O2/c9-6(10)4-1-8(2-4,12-7(15)16)5-3-11-14-13-5/h3-4,6,12H,1-2H2,(H,15,16)(H,11,13,14). The molecule has 0 aliphatic heterocycles. The number of halogens is 2. The van der Waals surface area contributed by atoms with E-state index in [0.29, 0.717) is 5.69 Å². The molecule has 0 spiro atoms. The lowest BCUT2D eigenvalue weighted by Crippen LogP contribution is -2.56. The van der Waals surface area contributed by atoms with Gasteiger partial charge in [0, 0.05) is 12.1 Å².